The maximum Gasteiger partial charge on any atom is 0.355 e. The number of likely N-dealkylation sites (N-methyl/N-ethyl adjacent to an activating group) is 1. The lowest BCUT2D eigenvalue weighted by Gasteiger charge is -2.33. The van der Waals surface area contributed by atoms with Gasteiger partial charge in [0.05, 0.1) is 19.7 Å². The van der Waals surface area contributed by atoms with Crippen molar-refractivity contribution >= 4 is 22.8 Å². The van der Waals surface area contributed by atoms with Crippen LogP contribution in [0.25, 0.3) is 10.9 Å². The van der Waals surface area contributed by atoms with Crippen molar-refractivity contribution in [1.82, 2.24) is 9.88 Å². The van der Waals surface area contributed by atoms with Gasteiger partial charge in [-0.25, -0.2) is 4.79 Å². The molecule has 7 nitrogen and oxygen atoms in total. The van der Waals surface area contributed by atoms with Gasteiger partial charge in [-0.05, 0) is 31.9 Å². The smallest absolute Gasteiger partial charge is 0.355 e. The van der Waals surface area contributed by atoms with E-state index in [9.17, 15) is 9.59 Å². The van der Waals surface area contributed by atoms with Gasteiger partial charge in [-0.2, -0.15) is 0 Å². The quantitative estimate of drug-likeness (QED) is 0.734. The minimum absolute atomic E-state index is 0.141. The highest BCUT2D eigenvalue weighted by Gasteiger charge is 2.25. The maximum absolute atomic E-state index is 12.6. The van der Waals surface area contributed by atoms with Crippen molar-refractivity contribution in [2.24, 2.45) is 0 Å². The number of H-pyrrole nitrogens is 1. The first-order valence-corrected chi connectivity index (χ1v) is 9.78. The van der Waals surface area contributed by atoms with Gasteiger partial charge >= 0.3 is 5.97 Å². The van der Waals surface area contributed by atoms with Gasteiger partial charge < -0.3 is 24.1 Å². The Morgan fingerprint density at radius 2 is 1.86 bits per heavy atom. The number of rotatable bonds is 7. The van der Waals surface area contributed by atoms with Crippen LogP contribution in [0.3, 0.4) is 0 Å². The predicted octanol–water partition coefficient (Wildman–Crippen LogP) is 3.52. The van der Waals surface area contributed by atoms with Gasteiger partial charge in [0.15, 0.2) is 6.61 Å². The molecule has 1 aliphatic carbocycles. The van der Waals surface area contributed by atoms with E-state index in [1.807, 2.05) is 11.8 Å². The number of ether oxygens (including phenoxy) is 3. The van der Waals surface area contributed by atoms with Crippen LogP contribution in [-0.4, -0.2) is 55.2 Å². The Balaban J connectivity index is 1.68. The molecule has 1 saturated carbocycles. The van der Waals surface area contributed by atoms with E-state index >= 15 is 0 Å². The Kier molecular flexibility index (Phi) is 6.44. The Morgan fingerprint density at radius 3 is 2.50 bits per heavy atom. The van der Waals surface area contributed by atoms with Crippen LogP contribution >= 0.6 is 0 Å². The summed E-state index contributed by atoms with van der Waals surface area (Å²) in [5, 5.41) is 0.770. The highest BCUT2D eigenvalue weighted by Crippen LogP contribution is 2.31. The van der Waals surface area contributed by atoms with E-state index in [-0.39, 0.29) is 24.2 Å². The standard InChI is InChI=1S/C21H28N2O5/c1-4-23(15-8-6-5-7-9-15)19(24)13-28-21(25)17-11-14-10-16(26-2)12-18(27-3)20(14)22-17/h10-12,15,22H,4-9,13H2,1-3H3. The van der Waals surface area contributed by atoms with E-state index in [2.05, 4.69) is 4.98 Å². The zero-order valence-corrected chi connectivity index (χ0v) is 16.7. The average Bonchev–Trinajstić information content (AvgIpc) is 3.16. The first kappa shape index (κ1) is 20.0. The molecule has 0 atom stereocenters. The summed E-state index contributed by atoms with van der Waals surface area (Å²) in [6.45, 7) is 2.34. The number of aromatic nitrogens is 1. The van der Waals surface area contributed by atoms with Gasteiger partial charge in [0.1, 0.15) is 17.2 Å². The first-order valence-electron chi connectivity index (χ1n) is 9.78. The molecule has 1 aliphatic rings. The third-order valence-corrected chi connectivity index (χ3v) is 5.34. The summed E-state index contributed by atoms with van der Waals surface area (Å²) in [4.78, 5) is 29.9. The molecule has 0 saturated heterocycles. The van der Waals surface area contributed by atoms with Gasteiger partial charge in [-0.1, -0.05) is 19.3 Å². The molecule has 152 valence electrons. The number of amides is 1. The number of nitrogens with one attached hydrogen (secondary N) is 1. The zero-order valence-electron chi connectivity index (χ0n) is 16.7. The monoisotopic (exact) mass is 388 g/mol. The second-order valence-corrected chi connectivity index (χ2v) is 7.02. The number of benzene rings is 1. The van der Waals surface area contributed by atoms with E-state index in [0.29, 0.717) is 23.6 Å². The highest BCUT2D eigenvalue weighted by atomic mass is 16.5. The van der Waals surface area contributed by atoms with Gasteiger partial charge in [0.2, 0.25) is 0 Å². The van der Waals surface area contributed by atoms with Crippen molar-refractivity contribution in [3.05, 3.63) is 23.9 Å². The Bertz CT molecular complexity index is 839. The molecule has 7 heteroatoms. The molecule has 1 amide bonds. The molecule has 1 aromatic heterocycles. The number of carbonyl (C=O) groups excluding carboxylic acids is 2. The summed E-state index contributed by atoms with van der Waals surface area (Å²) < 4.78 is 15.9. The van der Waals surface area contributed by atoms with Gasteiger partial charge in [0, 0.05) is 24.0 Å². The molecule has 1 heterocycles. The summed E-state index contributed by atoms with van der Waals surface area (Å²) >= 11 is 0. The normalized spacial score (nSPS) is 14.7. The molecule has 28 heavy (non-hydrogen) atoms. The van der Waals surface area contributed by atoms with Crippen molar-refractivity contribution in [3.63, 3.8) is 0 Å². The van der Waals surface area contributed by atoms with Crippen LogP contribution in [0.5, 0.6) is 11.5 Å². The topological polar surface area (TPSA) is 80.9 Å². The molecule has 1 N–H and O–H groups in total. The fraction of sp³-hybridized carbons (Fsp3) is 0.524. The summed E-state index contributed by atoms with van der Waals surface area (Å²) in [5.41, 5.74) is 0.953. The van der Waals surface area contributed by atoms with E-state index in [1.54, 1.807) is 32.4 Å². The fourth-order valence-corrected chi connectivity index (χ4v) is 3.89. The summed E-state index contributed by atoms with van der Waals surface area (Å²) in [7, 11) is 3.12. The number of esters is 1. The zero-order chi connectivity index (χ0) is 20.1. The number of hydrogen-bond donors (Lipinski definition) is 1. The van der Waals surface area contributed by atoms with Crippen LogP contribution in [0.2, 0.25) is 0 Å². The number of fused-ring (bicyclic) bond motifs is 1. The second kappa shape index (κ2) is 8.99. The van der Waals surface area contributed by atoms with Crippen molar-refractivity contribution in [1.29, 1.82) is 0 Å². The van der Waals surface area contributed by atoms with Gasteiger partial charge in [-0.15, -0.1) is 0 Å². The molecular weight excluding hydrogens is 360 g/mol. The number of aromatic amines is 1. The van der Waals surface area contributed by atoms with Gasteiger partial charge in [-0.3, -0.25) is 4.79 Å². The number of hydrogen-bond acceptors (Lipinski definition) is 5. The van der Waals surface area contributed by atoms with E-state index in [4.69, 9.17) is 14.2 Å². The average molecular weight is 388 g/mol. The molecule has 0 radical (unpaired) electrons. The van der Waals surface area contributed by atoms with E-state index < -0.39 is 5.97 Å². The Hall–Kier alpha value is -2.70. The largest absolute Gasteiger partial charge is 0.497 e. The Morgan fingerprint density at radius 1 is 1.11 bits per heavy atom. The number of methoxy groups -OCH3 is 2. The highest BCUT2D eigenvalue weighted by molar-refractivity contribution is 5.98. The van der Waals surface area contributed by atoms with E-state index in [1.165, 1.54) is 6.42 Å². The minimum atomic E-state index is -0.565. The lowest BCUT2D eigenvalue weighted by Crippen LogP contribution is -2.43. The van der Waals surface area contributed by atoms with Crippen molar-refractivity contribution < 1.29 is 23.8 Å². The molecule has 0 aliphatic heterocycles. The molecular formula is C21H28N2O5. The van der Waals surface area contributed by atoms with Crippen LogP contribution in [0, 0.1) is 0 Å². The summed E-state index contributed by atoms with van der Waals surface area (Å²) in [6, 6.07) is 5.47. The van der Waals surface area contributed by atoms with Crippen LogP contribution in [0.4, 0.5) is 0 Å². The maximum atomic E-state index is 12.6. The molecule has 3 rings (SSSR count). The SMILES string of the molecule is CCN(C(=O)COC(=O)c1cc2cc(OC)cc(OC)c2[nH]1)C1CCCCC1. The van der Waals surface area contributed by atoms with E-state index in [0.717, 1.165) is 31.1 Å². The molecule has 0 bridgehead atoms. The van der Waals surface area contributed by atoms with Crippen LogP contribution in [-0.2, 0) is 9.53 Å². The second-order valence-electron chi connectivity index (χ2n) is 7.02. The molecule has 2 aromatic rings. The third-order valence-electron chi connectivity index (χ3n) is 5.34. The number of nitrogens with zero attached hydrogens (tertiary/aromatic N) is 1. The molecule has 0 unspecified atom stereocenters. The number of carbonyl (C=O) groups is 2. The lowest BCUT2D eigenvalue weighted by molar-refractivity contribution is -0.137. The summed E-state index contributed by atoms with van der Waals surface area (Å²) in [6.07, 6.45) is 5.57. The fourth-order valence-electron chi connectivity index (χ4n) is 3.89. The van der Waals surface area contributed by atoms with Crippen LogP contribution in [0.1, 0.15) is 49.5 Å². The molecule has 0 spiro atoms. The minimum Gasteiger partial charge on any atom is -0.497 e. The van der Waals surface area contributed by atoms with Gasteiger partial charge in [0.25, 0.3) is 5.91 Å². The van der Waals surface area contributed by atoms with Crippen LogP contribution in [0.15, 0.2) is 18.2 Å². The van der Waals surface area contributed by atoms with Crippen LogP contribution < -0.4 is 9.47 Å². The molecule has 1 aromatic carbocycles. The Labute approximate surface area is 164 Å². The first-order chi connectivity index (χ1) is 13.6. The molecule has 1 fully saturated rings. The lowest BCUT2D eigenvalue weighted by atomic mass is 9.94. The third kappa shape index (κ3) is 4.24. The van der Waals surface area contributed by atoms with Crippen molar-refractivity contribution in [3.8, 4) is 11.5 Å². The van der Waals surface area contributed by atoms with Crippen molar-refractivity contribution in [2.75, 3.05) is 27.4 Å². The predicted molar refractivity (Wildman–Crippen MR) is 106 cm³/mol. The summed E-state index contributed by atoms with van der Waals surface area (Å²) in [5.74, 6) is 0.492. The van der Waals surface area contributed by atoms with Crippen molar-refractivity contribution in [2.45, 2.75) is 45.1 Å².